The molecule has 2 amide bonds. The lowest BCUT2D eigenvalue weighted by atomic mass is 10.2. The Kier molecular flexibility index (Phi) is 5.80. The molecule has 0 atom stereocenters. The van der Waals surface area contributed by atoms with Crippen molar-refractivity contribution in [2.75, 3.05) is 20.2 Å². The summed E-state index contributed by atoms with van der Waals surface area (Å²) in [5, 5.41) is 2.80. The van der Waals surface area contributed by atoms with Crippen LogP contribution in [0.3, 0.4) is 0 Å². The van der Waals surface area contributed by atoms with Crippen LogP contribution in [0.25, 0.3) is 0 Å². The van der Waals surface area contributed by atoms with Crippen LogP contribution in [0.15, 0.2) is 47.1 Å². The Morgan fingerprint density at radius 1 is 1.22 bits per heavy atom. The maximum atomic E-state index is 12.2. The van der Waals surface area contributed by atoms with Crippen molar-refractivity contribution in [2.45, 2.75) is 13.5 Å². The topological polar surface area (TPSA) is 71.8 Å². The second-order valence-corrected chi connectivity index (χ2v) is 4.98. The van der Waals surface area contributed by atoms with E-state index in [1.165, 1.54) is 14.0 Å². The molecule has 1 N–H and O–H groups in total. The Labute approximate surface area is 135 Å². The summed E-state index contributed by atoms with van der Waals surface area (Å²) in [6.45, 7) is 2.62. The second-order valence-electron chi connectivity index (χ2n) is 4.98. The average Bonchev–Trinajstić information content (AvgIpc) is 3.06. The van der Waals surface area contributed by atoms with Crippen LogP contribution in [0.1, 0.15) is 23.0 Å². The number of para-hydroxylation sites is 1. The number of carbonyl (C=O) groups excluding carboxylic acids is 2. The molecule has 0 aliphatic carbocycles. The molecule has 1 heterocycles. The quantitative estimate of drug-likeness (QED) is 0.849. The molecule has 1 aromatic carbocycles. The molecule has 23 heavy (non-hydrogen) atoms. The fourth-order valence-electron chi connectivity index (χ4n) is 2.17. The van der Waals surface area contributed by atoms with Gasteiger partial charge in [0.2, 0.25) is 5.91 Å². The maximum Gasteiger partial charge on any atom is 0.255 e. The monoisotopic (exact) mass is 316 g/mol. The van der Waals surface area contributed by atoms with Gasteiger partial charge in [-0.05, 0) is 24.3 Å². The molecule has 2 rings (SSSR count). The highest BCUT2D eigenvalue weighted by Crippen LogP contribution is 2.16. The fourth-order valence-corrected chi connectivity index (χ4v) is 2.17. The molecule has 6 heteroatoms. The second kappa shape index (κ2) is 8.03. The van der Waals surface area contributed by atoms with Crippen LogP contribution in [0.2, 0.25) is 0 Å². The number of furan rings is 1. The first-order valence-electron chi connectivity index (χ1n) is 7.31. The van der Waals surface area contributed by atoms with Crippen LogP contribution in [0, 0.1) is 0 Å². The summed E-state index contributed by atoms with van der Waals surface area (Å²) >= 11 is 0. The first kappa shape index (κ1) is 16.6. The summed E-state index contributed by atoms with van der Waals surface area (Å²) in [6, 6.07) is 10.6. The molecule has 0 spiro atoms. The van der Waals surface area contributed by atoms with E-state index < -0.39 is 0 Å². The number of amides is 2. The van der Waals surface area contributed by atoms with Gasteiger partial charge >= 0.3 is 0 Å². The van der Waals surface area contributed by atoms with Gasteiger partial charge in [0.1, 0.15) is 11.5 Å². The molecular formula is C17H20N2O4. The van der Waals surface area contributed by atoms with Crippen LogP contribution >= 0.6 is 0 Å². The number of nitrogens with zero attached hydrogens (tertiary/aromatic N) is 1. The van der Waals surface area contributed by atoms with Crippen molar-refractivity contribution in [1.82, 2.24) is 10.2 Å². The molecule has 0 aliphatic rings. The zero-order valence-electron chi connectivity index (χ0n) is 13.2. The Hall–Kier alpha value is -2.76. The molecule has 6 nitrogen and oxygen atoms in total. The van der Waals surface area contributed by atoms with Gasteiger partial charge in [0, 0.05) is 20.0 Å². The van der Waals surface area contributed by atoms with Gasteiger partial charge in [-0.15, -0.1) is 0 Å². The first-order valence-corrected chi connectivity index (χ1v) is 7.31. The van der Waals surface area contributed by atoms with Crippen molar-refractivity contribution in [3.05, 3.63) is 54.0 Å². The van der Waals surface area contributed by atoms with E-state index in [1.54, 1.807) is 41.5 Å². The molecular weight excluding hydrogens is 296 g/mol. The van der Waals surface area contributed by atoms with Crippen molar-refractivity contribution < 1.29 is 18.7 Å². The number of rotatable bonds is 7. The summed E-state index contributed by atoms with van der Waals surface area (Å²) < 4.78 is 10.4. The Bertz CT molecular complexity index is 652. The van der Waals surface area contributed by atoms with Crippen molar-refractivity contribution in [3.63, 3.8) is 0 Å². The minimum atomic E-state index is -0.232. The van der Waals surface area contributed by atoms with Gasteiger partial charge in [0.05, 0.1) is 25.5 Å². The molecule has 0 saturated heterocycles. The third kappa shape index (κ3) is 4.60. The van der Waals surface area contributed by atoms with Crippen LogP contribution in [0.4, 0.5) is 0 Å². The highest BCUT2D eigenvalue weighted by molar-refractivity contribution is 5.96. The zero-order valence-corrected chi connectivity index (χ0v) is 13.2. The minimum Gasteiger partial charge on any atom is -0.496 e. The SMILES string of the molecule is COc1ccccc1C(=O)NCCN(Cc1ccco1)C(C)=O. The average molecular weight is 316 g/mol. The number of ether oxygens (including phenoxy) is 1. The first-order chi connectivity index (χ1) is 11.1. The molecule has 0 bridgehead atoms. The largest absolute Gasteiger partial charge is 0.496 e. The maximum absolute atomic E-state index is 12.2. The van der Waals surface area contributed by atoms with E-state index in [9.17, 15) is 9.59 Å². The van der Waals surface area contributed by atoms with Gasteiger partial charge in [0.15, 0.2) is 0 Å². The van der Waals surface area contributed by atoms with Gasteiger partial charge in [0.25, 0.3) is 5.91 Å². The van der Waals surface area contributed by atoms with Crippen molar-refractivity contribution in [1.29, 1.82) is 0 Å². The standard InChI is InChI=1S/C17H20N2O4/c1-13(20)19(12-14-6-5-11-23-14)10-9-18-17(21)15-7-3-4-8-16(15)22-2/h3-8,11H,9-10,12H2,1-2H3,(H,18,21). The summed E-state index contributed by atoms with van der Waals surface area (Å²) in [6.07, 6.45) is 1.57. The van der Waals surface area contributed by atoms with E-state index in [1.807, 2.05) is 6.07 Å². The normalized spacial score (nSPS) is 10.2. The molecule has 0 unspecified atom stereocenters. The lowest BCUT2D eigenvalue weighted by Crippen LogP contribution is -2.37. The third-order valence-electron chi connectivity index (χ3n) is 3.39. The number of nitrogens with one attached hydrogen (secondary N) is 1. The number of hydrogen-bond acceptors (Lipinski definition) is 4. The summed E-state index contributed by atoms with van der Waals surface area (Å²) in [5.41, 5.74) is 0.468. The molecule has 122 valence electrons. The molecule has 1 aromatic heterocycles. The summed E-state index contributed by atoms with van der Waals surface area (Å²) in [7, 11) is 1.52. The van der Waals surface area contributed by atoms with Crippen molar-refractivity contribution >= 4 is 11.8 Å². The van der Waals surface area contributed by atoms with Crippen molar-refractivity contribution in [2.24, 2.45) is 0 Å². The van der Waals surface area contributed by atoms with Gasteiger partial charge in [-0.25, -0.2) is 0 Å². The minimum absolute atomic E-state index is 0.0760. The van der Waals surface area contributed by atoms with Gasteiger partial charge in [-0.2, -0.15) is 0 Å². The fraction of sp³-hybridized carbons (Fsp3) is 0.294. The molecule has 0 saturated carbocycles. The Morgan fingerprint density at radius 2 is 2.00 bits per heavy atom. The molecule has 0 radical (unpaired) electrons. The predicted octanol–water partition coefficient (Wildman–Crippen LogP) is 2.07. The number of methoxy groups -OCH3 is 1. The third-order valence-corrected chi connectivity index (χ3v) is 3.39. The number of carbonyl (C=O) groups is 2. The molecule has 0 fully saturated rings. The summed E-state index contributed by atoms with van der Waals surface area (Å²) in [5.74, 6) is 0.914. The molecule has 0 aliphatic heterocycles. The predicted molar refractivity (Wildman–Crippen MR) is 85.1 cm³/mol. The lowest BCUT2D eigenvalue weighted by Gasteiger charge is -2.20. The zero-order chi connectivity index (χ0) is 16.7. The van der Waals surface area contributed by atoms with Gasteiger partial charge in [-0.1, -0.05) is 12.1 Å². The summed E-state index contributed by atoms with van der Waals surface area (Å²) in [4.78, 5) is 25.5. The van der Waals surface area contributed by atoms with Crippen molar-refractivity contribution in [3.8, 4) is 5.75 Å². The van der Waals surface area contributed by atoms with E-state index in [4.69, 9.17) is 9.15 Å². The molecule has 2 aromatic rings. The van der Waals surface area contributed by atoms with Crippen LogP contribution in [-0.2, 0) is 11.3 Å². The Balaban J connectivity index is 1.89. The lowest BCUT2D eigenvalue weighted by molar-refractivity contribution is -0.129. The smallest absolute Gasteiger partial charge is 0.255 e. The van der Waals surface area contributed by atoms with E-state index in [-0.39, 0.29) is 11.8 Å². The van der Waals surface area contributed by atoms with Crippen LogP contribution in [0.5, 0.6) is 5.75 Å². The van der Waals surface area contributed by atoms with Gasteiger partial charge < -0.3 is 19.4 Å². The van der Waals surface area contributed by atoms with Crippen LogP contribution in [-0.4, -0.2) is 36.9 Å². The number of hydrogen-bond donors (Lipinski definition) is 1. The van der Waals surface area contributed by atoms with E-state index in [2.05, 4.69) is 5.32 Å². The highest BCUT2D eigenvalue weighted by atomic mass is 16.5. The van der Waals surface area contributed by atoms with E-state index in [0.29, 0.717) is 36.7 Å². The highest BCUT2D eigenvalue weighted by Gasteiger charge is 2.14. The Morgan fingerprint density at radius 3 is 2.65 bits per heavy atom. The number of benzene rings is 1. The van der Waals surface area contributed by atoms with E-state index in [0.717, 1.165) is 0 Å². The van der Waals surface area contributed by atoms with Gasteiger partial charge in [-0.3, -0.25) is 9.59 Å². The van der Waals surface area contributed by atoms with E-state index >= 15 is 0 Å². The van der Waals surface area contributed by atoms with Crippen LogP contribution < -0.4 is 10.1 Å².